The number of aliphatic imine (C=N–C) groups is 1. The summed E-state index contributed by atoms with van der Waals surface area (Å²) in [5, 5.41) is 0.831. The fourth-order valence-electron chi connectivity index (χ4n) is 3.39. The molecule has 8 heteroatoms. The van der Waals surface area contributed by atoms with E-state index in [2.05, 4.69) is 18.7 Å². The largest absolute Gasteiger partial charge is 0.383 e. The molecule has 1 aromatic rings. The lowest BCUT2D eigenvalue weighted by atomic mass is 10.1. The first-order valence-corrected chi connectivity index (χ1v) is 11.3. The van der Waals surface area contributed by atoms with Gasteiger partial charge < -0.3 is 20.1 Å². The van der Waals surface area contributed by atoms with Crippen LogP contribution in [0.2, 0.25) is 0 Å². The predicted octanol–water partition coefficient (Wildman–Crippen LogP) is 2.84. The molecule has 29 heavy (non-hydrogen) atoms. The molecular formula is C21H34N4O3S. The van der Waals surface area contributed by atoms with Crippen LogP contribution in [0, 0.1) is 0 Å². The first-order chi connectivity index (χ1) is 14.0. The molecular weight excluding hydrogens is 388 g/mol. The molecule has 4 atom stereocenters. The molecule has 0 bridgehead atoms. The first-order valence-electron chi connectivity index (χ1n) is 10.3. The molecule has 162 valence electrons. The van der Waals surface area contributed by atoms with Crippen LogP contribution < -0.4 is 10.6 Å². The lowest BCUT2D eigenvalue weighted by Gasteiger charge is -2.36. The van der Waals surface area contributed by atoms with Crippen LogP contribution in [0.15, 0.2) is 23.2 Å². The van der Waals surface area contributed by atoms with Gasteiger partial charge in [-0.2, -0.15) is 0 Å². The van der Waals surface area contributed by atoms with E-state index >= 15 is 0 Å². The number of aromatic nitrogens is 1. The highest BCUT2D eigenvalue weighted by Crippen LogP contribution is 2.32. The number of nitrogens with two attached hydrogens (primary N) is 1. The van der Waals surface area contributed by atoms with Crippen molar-refractivity contribution in [2.24, 2.45) is 10.7 Å². The van der Waals surface area contributed by atoms with Crippen molar-refractivity contribution in [3.63, 3.8) is 0 Å². The maximum absolute atomic E-state index is 12.1. The molecule has 0 aliphatic carbocycles. The molecule has 2 aliphatic heterocycles. The molecule has 2 aliphatic rings. The van der Waals surface area contributed by atoms with E-state index in [9.17, 15) is 4.79 Å². The Morgan fingerprint density at radius 2 is 2.03 bits per heavy atom. The Kier molecular flexibility index (Phi) is 9.55. The lowest BCUT2D eigenvalue weighted by molar-refractivity contribution is -0.120. The van der Waals surface area contributed by atoms with Gasteiger partial charge in [-0.1, -0.05) is 19.9 Å². The number of ether oxygens (including phenoxy) is 2. The quantitative estimate of drug-likeness (QED) is 0.722. The summed E-state index contributed by atoms with van der Waals surface area (Å²) in [5.74, 6) is 1.72. The molecule has 3 heterocycles. The van der Waals surface area contributed by atoms with Crippen LogP contribution in [-0.2, 0) is 14.3 Å². The van der Waals surface area contributed by atoms with Crippen LogP contribution in [0.3, 0.4) is 0 Å². The third kappa shape index (κ3) is 6.77. The van der Waals surface area contributed by atoms with Gasteiger partial charge in [-0.05, 0) is 26.0 Å². The van der Waals surface area contributed by atoms with Crippen molar-refractivity contribution in [1.82, 2.24) is 4.98 Å². The van der Waals surface area contributed by atoms with Gasteiger partial charge in [0.2, 0.25) is 0 Å². The van der Waals surface area contributed by atoms with Crippen molar-refractivity contribution < 1.29 is 14.3 Å². The number of carbonyl (C=O) groups is 1. The van der Waals surface area contributed by atoms with Crippen molar-refractivity contribution >= 4 is 28.4 Å². The number of rotatable bonds is 7. The summed E-state index contributed by atoms with van der Waals surface area (Å²) >= 11 is 1.61. The molecule has 0 aromatic carbocycles. The molecule has 3 rings (SSSR count). The van der Waals surface area contributed by atoms with Gasteiger partial charge in [0, 0.05) is 26.0 Å². The zero-order valence-corrected chi connectivity index (χ0v) is 18.9. The second-order valence-corrected chi connectivity index (χ2v) is 8.23. The summed E-state index contributed by atoms with van der Waals surface area (Å²) in [7, 11) is 1.54. The Bertz CT molecular complexity index is 690. The Hall–Kier alpha value is -1.48. The number of nitrogens with zero attached hydrogens (tertiary/aromatic N) is 3. The minimum absolute atomic E-state index is 0.0210. The minimum Gasteiger partial charge on any atom is -0.383 e. The van der Waals surface area contributed by atoms with E-state index in [0.29, 0.717) is 0 Å². The average molecular weight is 423 g/mol. The molecule has 1 aromatic heterocycles. The van der Waals surface area contributed by atoms with E-state index in [-0.39, 0.29) is 37.1 Å². The van der Waals surface area contributed by atoms with Crippen molar-refractivity contribution in [2.45, 2.75) is 58.4 Å². The van der Waals surface area contributed by atoms with Gasteiger partial charge in [0.15, 0.2) is 5.78 Å². The highest BCUT2D eigenvalue weighted by atomic mass is 32.2. The molecule has 1 saturated heterocycles. The molecule has 0 saturated carbocycles. The molecule has 7 nitrogen and oxygen atoms in total. The predicted molar refractivity (Wildman–Crippen MR) is 120 cm³/mol. The summed E-state index contributed by atoms with van der Waals surface area (Å²) in [4.78, 5) is 23.9. The second-order valence-electron chi connectivity index (χ2n) is 7.14. The van der Waals surface area contributed by atoms with E-state index in [4.69, 9.17) is 25.2 Å². The number of hydrogen-bond acceptors (Lipinski definition) is 8. The van der Waals surface area contributed by atoms with Crippen LogP contribution in [0.4, 0.5) is 5.82 Å². The Morgan fingerprint density at radius 1 is 1.34 bits per heavy atom. The highest BCUT2D eigenvalue weighted by Gasteiger charge is 2.27. The third-order valence-corrected chi connectivity index (χ3v) is 5.70. The lowest BCUT2D eigenvalue weighted by Crippen LogP contribution is -2.45. The fraction of sp³-hybridized carbons (Fsp3) is 0.667. The Labute approximate surface area is 178 Å². The summed E-state index contributed by atoms with van der Waals surface area (Å²) in [6, 6.07) is 5.46. The van der Waals surface area contributed by atoms with Gasteiger partial charge in [0.25, 0.3) is 0 Å². The fourth-order valence-corrected chi connectivity index (χ4v) is 4.43. The summed E-state index contributed by atoms with van der Waals surface area (Å²) in [6.07, 6.45) is 0.644. The number of hydrogen-bond donors (Lipinski definition) is 1. The topological polar surface area (TPSA) is 90.0 Å². The van der Waals surface area contributed by atoms with E-state index in [1.807, 2.05) is 32.0 Å². The number of carbonyl (C=O) groups excluding carboxylic acids is 1. The van der Waals surface area contributed by atoms with E-state index in [1.54, 1.807) is 18.9 Å². The standard InChI is InChI=1S/C19H28N4O3S.C2H6/c1-12-8-23(9-13(2)26-12)18-6-4-5-15(21-18)16-11-27-19(22-16)7-17(24)14(20)10-25-3;1-2/h4-6,12-14,16H,7-11,20H2,1-3H3;1-2H3. The Balaban J connectivity index is 0.00000145. The van der Waals surface area contributed by atoms with Crippen molar-refractivity contribution in [1.29, 1.82) is 0 Å². The summed E-state index contributed by atoms with van der Waals surface area (Å²) < 4.78 is 10.8. The number of thioether (sulfide) groups is 1. The molecule has 0 amide bonds. The number of Topliss-reactive ketones (excluding diaryl/α,β-unsaturated/α-hetero) is 1. The zero-order chi connectivity index (χ0) is 21.4. The number of anilines is 1. The van der Waals surface area contributed by atoms with Gasteiger partial charge >= 0.3 is 0 Å². The Morgan fingerprint density at radius 3 is 2.69 bits per heavy atom. The smallest absolute Gasteiger partial charge is 0.158 e. The van der Waals surface area contributed by atoms with E-state index in [1.165, 1.54) is 0 Å². The molecule has 0 radical (unpaired) electrons. The van der Waals surface area contributed by atoms with Crippen molar-refractivity contribution in [3.05, 3.63) is 23.9 Å². The number of methoxy groups -OCH3 is 1. The van der Waals surface area contributed by atoms with Gasteiger partial charge in [-0.3, -0.25) is 9.79 Å². The highest BCUT2D eigenvalue weighted by molar-refractivity contribution is 8.14. The number of ketones is 1. The molecule has 4 unspecified atom stereocenters. The van der Waals surface area contributed by atoms with Crippen LogP contribution in [0.5, 0.6) is 0 Å². The number of morpholine rings is 1. The van der Waals surface area contributed by atoms with Crippen LogP contribution in [0.1, 0.15) is 45.9 Å². The normalized spacial score (nSPS) is 25.1. The van der Waals surface area contributed by atoms with Crippen LogP contribution in [0.25, 0.3) is 0 Å². The van der Waals surface area contributed by atoms with Crippen molar-refractivity contribution in [2.75, 3.05) is 37.5 Å². The monoisotopic (exact) mass is 422 g/mol. The van der Waals surface area contributed by atoms with E-state index < -0.39 is 6.04 Å². The minimum atomic E-state index is -0.593. The second kappa shape index (κ2) is 11.6. The van der Waals surface area contributed by atoms with Gasteiger partial charge in [-0.15, -0.1) is 11.8 Å². The maximum Gasteiger partial charge on any atom is 0.158 e. The molecule has 2 N–H and O–H groups in total. The zero-order valence-electron chi connectivity index (χ0n) is 18.1. The van der Waals surface area contributed by atoms with Crippen LogP contribution in [-0.4, -0.2) is 66.6 Å². The van der Waals surface area contributed by atoms with Gasteiger partial charge in [-0.25, -0.2) is 4.98 Å². The van der Waals surface area contributed by atoms with Gasteiger partial charge in [0.1, 0.15) is 11.9 Å². The SMILES string of the molecule is CC.COCC(N)C(=O)CC1=NC(c2cccc(N3CC(C)OC(C)C3)n2)CS1. The van der Waals surface area contributed by atoms with Gasteiger partial charge in [0.05, 0.1) is 42.0 Å². The van der Waals surface area contributed by atoms with E-state index in [0.717, 1.165) is 35.4 Å². The first kappa shape index (κ1) is 23.8. The molecule has 1 fully saturated rings. The number of pyridine rings is 1. The van der Waals surface area contributed by atoms with Crippen molar-refractivity contribution in [3.8, 4) is 0 Å². The maximum atomic E-state index is 12.1. The summed E-state index contributed by atoms with van der Waals surface area (Å²) in [6.45, 7) is 10.1. The van der Waals surface area contributed by atoms with Crippen LogP contribution >= 0.6 is 11.8 Å². The molecule has 0 spiro atoms. The summed E-state index contributed by atoms with van der Waals surface area (Å²) in [5.41, 5.74) is 6.75. The third-order valence-electron chi connectivity index (χ3n) is 4.63. The average Bonchev–Trinajstić information content (AvgIpc) is 3.17.